The number of rotatable bonds is 2. The summed E-state index contributed by atoms with van der Waals surface area (Å²) in [6, 6.07) is 0.439. The molecular weight excluding hydrogens is 313 g/mol. The molecule has 0 atom stereocenters. The summed E-state index contributed by atoms with van der Waals surface area (Å²) >= 11 is 5.22. The van der Waals surface area contributed by atoms with Crippen molar-refractivity contribution >= 4 is 31.3 Å². The van der Waals surface area contributed by atoms with Gasteiger partial charge in [0.25, 0.3) is 15.0 Å². The number of nitrogens with zero attached hydrogens (tertiary/aromatic N) is 1. The monoisotopic (exact) mass is 313 g/mol. The van der Waals surface area contributed by atoms with E-state index in [9.17, 15) is 26.0 Å². The van der Waals surface area contributed by atoms with Crippen LogP contribution >= 0.6 is 22.3 Å². The molecule has 0 aliphatic heterocycles. The molecule has 4 nitrogen and oxygen atoms in total. The van der Waals surface area contributed by atoms with Gasteiger partial charge in [0.2, 0.25) is 5.75 Å². The van der Waals surface area contributed by atoms with E-state index in [0.717, 1.165) is 0 Å². The van der Waals surface area contributed by atoms with E-state index in [-0.39, 0.29) is 0 Å². The molecule has 0 amide bonds. The lowest BCUT2D eigenvalue weighted by molar-refractivity contribution is -0.275. The summed E-state index contributed by atoms with van der Waals surface area (Å²) in [7, 11) is 0.401. The first kappa shape index (κ1) is 14.3. The molecule has 0 saturated heterocycles. The van der Waals surface area contributed by atoms with Crippen LogP contribution in [-0.2, 0) is 9.05 Å². The predicted octanol–water partition coefficient (Wildman–Crippen LogP) is 2.70. The molecule has 1 rings (SSSR count). The quantitative estimate of drug-likeness (QED) is 0.478. The van der Waals surface area contributed by atoms with E-state index in [1.165, 1.54) is 0 Å². The highest BCUT2D eigenvalue weighted by atomic mass is 35.7. The zero-order chi connectivity index (χ0) is 13.4. The Labute approximate surface area is 102 Å². The standard InChI is InChI=1S/C6HCl2F4NO3S/c7-2-1-3(17(8,14)15)13-5(9)4(2)16-6(10,11)12/h1H. The minimum atomic E-state index is -5.19. The summed E-state index contributed by atoms with van der Waals surface area (Å²) in [5, 5.41) is -1.94. The molecular formula is C6HCl2F4NO3S. The molecule has 1 heterocycles. The molecule has 0 N–H and O–H groups in total. The second-order valence-electron chi connectivity index (χ2n) is 2.55. The minimum absolute atomic E-state index is 0.439. The predicted molar refractivity (Wildman–Crippen MR) is 48.9 cm³/mol. The molecule has 1 aromatic rings. The van der Waals surface area contributed by atoms with E-state index in [0.29, 0.717) is 6.07 Å². The van der Waals surface area contributed by atoms with E-state index >= 15 is 0 Å². The van der Waals surface area contributed by atoms with Crippen molar-refractivity contribution in [2.45, 2.75) is 11.4 Å². The van der Waals surface area contributed by atoms with Gasteiger partial charge in [0.1, 0.15) is 0 Å². The Bertz CT molecular complexity index is 522. The number of pyridine rings is 1. The first-order valence-electron chi connectivity index (χ1n) is 3.57. The van der Waals surface area contributed by atoms with Crippen LogP contribution in [0.25, 0.3) is 0 Å². The maximum Gasteiger partial charge on any atom is 0.573 e. The van der Waals surface area contributed by atoms with Gasteiger partial charge < -0.3 is 4.74 Å². The molecule has 0 bridgehead atoms. The van der Waals surface area contributed by atoms with Gasteiger partial charge in [-0.05, 0) is 6.07 Å². The van der Waals surface area contributed by atoms with E-state index in [4.69, 9.17) is 22.3 Å². The van der Waals surface area contributed by atoms with Crippen molar-refractivity contribution in [3.63, 3.8) is 0 Å². The van der Waals surface area contributed by atoms with Crippen molar-refractivity contribution in [1.82, 2.24) is 4.98 Å². The Morgan fingerprint density at radius 1 is 1.35 bits per heavy atom. The highest BCUT2D eigenvalue weighted by Crippen LogP contribution is 2.33. The van der Waals surface area contributed by atoms with Crippen LogP contribution in [-0.4, -0.2) is 19.8 Å². The number of hydrogen-bond donors (Lipinski definition) is 0. The lowest BCUT2D eigenvalue weighted by Crippen LogP contribution is -2.19. The van der Waals surface area contributed by atoms with E-state index < -0.39 is 37.2 Å². The fourth-order valence-electron chi connectivity index (χ4n) is 0.784. The third-order valence-electron chi connectivity index (χ3n) is 1.33. The third kappa shape index (κ3) is 3.86. The van der Waals surface area contributed by atoms with Gasteiger partial charge in [0.15, 0.2) is 5.03 Å². The second-order valence-corrected chi connectivity index (χ2v) is 5.47. The van der Waals surface area contributed by atoms with Crippen LogP contribution in [0.5, 0.6) is 5.75 Å². The Balaban J connectivity index is 3.30. The van der Waals surface area contributed by atoms with Crippen LogP contribution in [0, 0.1) is 5.95 Å². The van der Waals surface area contributed by atoms with E-state index in [1.54, 1.807) is 0 Å². The van der Waals surface area contributed by atoms with E-state index in [2.05, 4.69) is 9.72 Å². The van der Waals surface area contributed by atoms with Gasteiger partial charge in [0, 0.05) is 10.7 Å². The van der Waals surface area contributed by atoms with Crippen LogP contribution in [0.4, 0.5) is 17.6 Å². The summed E-state index contributed by atoms with van der Waals surface area (Å²) in [5.74, 6) is -3.27. The highest BCUT2D eigenvalue weighted by Gasteiger charge is 2.34. The van der Waals surface area contributed by atoms with Gasteiger partial charge in [-0.15, -0.1) is 13.2 Å². The highest BCUT2D eigenvalue weighted by molar-refractivity contribution is 8.13. The average molecular weight is 314 g/mol. The number of halogens is 6. The Morgan fingerprint density at radius 3 is 2.24 bits per heavy atom. The molecule has 0 unspecified atom stereocenters. The first-order chi connectivity index (χ1) is 7.50. The van der Waals surface area contributed by atoms with Gasteiger partial charge in [-0.25, -0.2) is 13.4 Å². The SMILES string of the molecule is O=S(=O)(Cl)c1cc(Cl)c(OC(F)(F)F)c(F)n1. The van der Waals surface area contributed by atoms with Crippen LogP contribution < -0.4 is 4.74 Å². The van der Waals surface area contributed by atoms with Crippen molar-refractivity contribution in [3.05, 3.63) is 17.0 Å². The van der Waals surface area contributed by atoms with Gasteiger partial charge in [-0.1, -0.05) is 11.6 Å². The Hall–Kier alpha value is -0.800. The smallest absolute Gasteiger partial charge is 0.399 e. The van der Waals surface area contributed by atoms with E-state index in [1.807, 2.05) is 0 Å². The lowest BCUT2D eigenvalue weighted by atomic mass is 10.4. The van der Waals surface area contributed by atoms with Crippen molar-refractivity contribution < 1.29 is 30.7 Å². The Morgan fingerprint density at radius 2 is 1.88 bits per heavy atom. The van der Waals surface area contributed by atoms with Crippen LogP contribution in [0.15, 0.2) is 11.1 Å². The summed E-state index contributed by atoms with van der Waals surface area (Å²) < 4.78 is 73.2. The van der Waals surface area contributed by atoms with Gasteiger partial charge in [0.05, 0.1) is 5.02 Å². The summed E-state index contributed by atoms with van der Waals surface area (Å²) in [5.41, 5.74) is 0. The molecule has 0 aliphatic carbocycles. The average Bonchev–Trinajstić information content (AvgIpc) is 2.07. The fraction of sp³-hybridized carbons (Fsp3) is 0.167. The van der Waals surface area contributed by atoms with Crippen molar-refractivity contribution in [1.29, 1.82) is 0 Å². The van der Waals surface area contributed by atoms with Gasteiger partial charge in [-0.3, -0.25) is 0 Å². The maximum atomic E-state index is 13.0. The van der Waals surface area contributed by atoms with Crippen LogP contribution in [0.1, 0.15) is 0 Å². The maximum absolute atomic E-state index is 13.0. The largest absolute Gasteiger partial charge is 0.573 e. The second kappa shape index (κ2) is 4.46. The molecule has 0 aliphatic rings. The molecule has 96 valence electrons. The van der Waals surface area contributed by atoms with Crippen LogP contribution in [0.3, 0.4) is 0 Å². The number of alkyl halides is 3. The topological polar surface area (TPSA) is 56.3 Å². The van der Waals surface area contributed by atoms with Gasteiger partial charge >= 0.3 is 6.36 Å². The fourth-order valence-corrected chi connectivity index (χ4v) is 1.75. The van der Waals surface area contributed by atoms with Crippen LogP contribution in [0.2, 0.25) is 5.02 Å². The molecule has 0 spiro atoms. The van der Waals surface area contributed by atoms with Gasteiger partial charge in [-0.2, -0.15) is 4.39 Å². The zero-order valence-electron chi connectivity index (χ0n) is 7.43. The summed E-state index contributed by atoms with van der Waals surface area (Å²) in [6.45, 7) is 0. The first-order valence-corrected chi connectivity index (χ1v) is 6.26. The zero-order valence-corrected chi connectivity index (χ0v) is 9.75. The minimum Gasteiger partial charge on any atom is -0.399 e. The number of hydrogen-bond acceptors (Lipinski definition) is 4. The molecule has 11 heteroatoms. The van der Waals surface area contributed by atoms with Crippen molar-refractivity contribution in [3.8, 4) is 5.75 Å². The normalized spacial score (nSPS) is 12.6. The molecule has 1 aromatic heterocycles. The summed E-state index contributed by atoms with van der Waals surface area (Å²) in [6.07, 6.45) is -5.19. The molecule has 17 heavy (non-hydrogen) atoms. The number of aromatic nitrogens is 1. The molecule has 0 saturated carbocycles. The third-order valence-corrected chi connectivity index (χ3v) is 2.79. The van der Waals surface area contributed by atoms with Crippen molar-refractivity contribution in [2.24, 2.45) is 0 Å². The molecule has 0 aromatic carbocycles. The lowest BCUT2D eigenvalue weighted by Gasteiger charge is -2.10. The van der Waals surface area contributed by atoms with Crippen molar-refractivity contribution in [2.75, 3.05) is 0 Å². The summed E-state index contributed by atoms with van der Waals surface area (Å²) in [4.78, 5) is 2.69. The molecule has 0 radical (unpaired) electrons. The Kier molecular flexibility index (Phi) is 3.75. The number of ether oxygens (including phenoxy) is 1. The molecule has 0 fully saturated rings.